The van der Waals surface area contributed by atoms with Crippen molar-refractivity contribution in [2.45, 2.75) is 12.1 Å². The lowest BCUT2D eigenvalue weighted by Gasteiger charge is -2.39. The van der Waals surface area contributed by atoms with Crippen molar-refractivity contribution >= 4 is 23.2 Å². The summed E-state index contributed by atoms with van der Waals surface area (Å²) in [6.45, 7) is 0. The van der Waals surface area contributed by atoms with Crippen LogP contribution in [0, 0.1) is 5.82 Å². The monoisotopic (exact) mass is 430 g/mol. The molecule has 2 unspecified atom stereocenters. The molecule has 1 N–H and O–H groups in total. The van der Waals surface area contributed by atoms with E-state index in [2.05, 4.69) is 15.4 Å². The molecule has 0 saturated carbocycles. The number of halogens is 2. The molecule has 5 nitrogen and oxygen atoms in total. The second-order valence-corrected chi connectivity index (χ2v) is 7.92. The van der Waals surface area contributed by atoms with Crippen LogP contribution < -0.4 is 10.1 Å². The largest absolute Gasteiger partial charge is 0.480 e. The van der Waals surface area contributed by atoms with E-state index in [1.54, 1.807) is 12.1 Å². The first-order valence-electron chi connectivity index (χ1n) is 9.86. The van der Waals surface area contributed by atoms with Crippen molar-refractivity contribution in [3.8, 4) is 5.75 Å². The zero-order valence-electron chi connectivity index (χ0n) is 16.2. The highest BCUT2D eigenvalue weighted by molar-refractivity contribution is 6.30. The molecule has 2 aliphatic heterocycles. The fourth-order valence-corrected chi connectivity index (χ4v) is 4.42. The van der Waals surface area contributed by atoms with Crippen LogP contribution in [0.5, 0.6) is 5.75 Å². The molecule has 0 amide bonds. The number of para-hydroxylation sites is 1. The summed E-state index contributed by atoms with van der Waals surface area (Å²) in [6.07, 6.45) is 1.10. The lowest BCUT2D eigenvalue weighted by atomic mass is 9.84. The van der Waals surface area contributed by atoms with Crippen LogP contribution in [0.15, 0.2) is 84.7 Å². The number of benzene rings is 3. The van der Waals surface area contributed by atoms with Gasteiger partial charge in [-0.3, -0.25) is 0 Å². The summed E-state index contributed by atoms with van der Waals surface area (Å²) in [7, 11) is 0. The first kappa shape index (κ1) is 18.2. The number of aromatic nitrogens is 3. The Balaban J connectivity index is 1.62. The van der Waals surface area contributed by atoms with Gasteiger partial charge in [0.15, 0.2) is 0 Å². The molecule has 0 fully saturated rings. The number of fused-ring (bicyclic) bond motifs is 3. The SMILES string of the molecule is Fc1ccc(C2Oc3ccccc3C3=C2C(c2ccc(Cl)cc2)n2ncnc2N3)cc1. The van der Waals surface area contributed by atoms with Crippen molar-refractivity contribution in [3.05, 3.63) is 112 Å². The maximum Gasteiger partial charge on any atom is 0.226 e. The summed E-state index contributed by atoms with van der Waals surface area (Å²) < 4.78 is 22.0. The van der Waals surface area contributed by atoms with Crippen LogP contribution in [0.25, 0.3) is 5.70 Å². The van der Waals surface area contributed by atoms with E-state index in [-0.39, 0.29) is 11.9 Å². The predicted molar refractivity (Wildman–Crippen MR) is 116 cm³/mol. The van der Waals surface area contributed by atoms with Gasteiger partial charge in [0.1, 0.15) is 30.0 Å². The molecule has 0 radical (unpaired) electrons. The summed E-state index contributed by atoms with van der Waals surface area (Å²) in [5.41, 5.74) is 4.71. The Morgan fingerprint density at radius 1 is 0.935 bits per heavy atom. The maximum atomic E-state index is 13.7. The Bertz CT molecular complexity index is 1310. The van der Waals surface area contributed by atoms with Gasteiger partial charge in [-0.2, -0.15) is 10.1 Å². The molecule has 3 aromatic carbocycles. The molecule has 4 aromatic rings. The fourth-order valence-electron chi connectivity index (χ4n) is 4.30. The molecule has 31 heavy (non-hydrogen) atoms. The third-order valence-corrected chi connectivity index (χ3v) is 5.93. The second kappa shape index (κ2) is 6.96. The summed E-state index contributed by atoms with van der Waals surface area (Å²) >= 11 is 6.15. The van der Waals surface area contributed by atoms with Crippen molar-refractivity contribution < 1.29 is 9.13 Å². The first-order chi connectivity index (χ1) is 15.2. The summed E-state index contributed by atoms with van der Waals surface area (Å²) in [5, 5.41) is 8.59. The molecule has 0 bridgehead atoms. The molecular formula is C24H16ClFN4O. The van der Waals surface area contributed by atoms with Gasteiger partial charge in [-0.25, -0.2) is 9.07 Å². The zero-order valence-corrected chi connectivity index (χ0v) is 16.9. The van der Waals surface area contributed by atoms with E-state index in [9.17, 15) is 4.39 Å². The molecular weight excluding hydrogens is 415 g/mol. The van der Waals surface area contributed by atoms with Crippen LogP contribution in [-0.4, -0.2) is 14.8 Å². The zero-order chi connectivity index (χ0) is 20.9. The van der Waals surface area contributed by atoms with Crippen LogP contribution in [0.4, 0.5) is 10.3 Å². The Morgan fingerprint density at radius 2 is 1.68 bits per heavy atom. The number of ether oxygens (including phenoxy) is 1. The quantitative estimate of drug-likeness (QED) is 0.447. The Morgan fingerprint density at radius 3 is 2.48 bits per heavy atom. The third kappa shape index (κ3) is 2.91. The standard InChI is InChI=1S/C24H16ClFN4O/c25-16-9-5-14(6-10-16)22-20-21(29-24-27-13-28-30(22)24)18-3-1-2-4-19(18)31-23(20)15-7-11-17(26)12-8-15/h1-13,22-23H,(H,27,28,29). The highest BCUT2D eigenvalue weighted by Crippen LogP contribution is 2.50. The first-order valence-corrected chi connectivity index (χ1v) is 10.2. The van der Waals surface area contributed by atoms with Gasteiger partial charge >= 0.3 is 0 Å². The van der Waals surface area contributed by atoms with Gasteiger partial charge in [-0.1, -0.05) is 48.0 Å². The molecule has 2 aliphatic rings. The molecule has 3 heterocycles. The summed E-state index contributed by atoms with van der Waals surface area (Å²) in [6, 6.07) is 21.7. The molecule has 7 heteroatoms. The van der Waals surface area contributed by atoms with E-state index in [1.807, 2.05) is 53.2 Å². The fraction of sp³-hybridized carbons (Fsp3) is 0.0833. The van der Waals surface area contributed by atoms with Gasteiger partial charge in [0.05, 0.1) is 5.70 Å². The predicted octanol–water partition coefficient (Wildman–Crippen LogP) is 5.63. The average molecular weight is 431 g/mol. The Labute approximate surface area is 182 Å². The lowest BCUT2D eigenvalue weighted by Crippen LogP contribution is -2.32. The van der Waals surface area contributed by atoms with Gasteiger partial charge in [0, 0.05) is 16.2 Å². The van der Waals surface area contributed by atoms with Gasteiger partial charge in [-0.15, -0.1) is 0 Å². The highest BCUT2D eigenvalue weighted by Gasteiger charge is 2.40. The molecule has 6 rings (SSSR count). The molecule has 2 atom stereocenters. The number of anilines is 1. The van der Waals surface area contributed by atoms with Crippen LogP contribution in [0.1, 0.15) is 28.8 Å². The lowest BCUT2D eigenvalue weighted by molar-refractivity contribution is 0.223. The topological polar surface area (TPSA) is 52.0 Å². The summed E-state index contributed by atoms with van der Waals surface area (Å²) in [5.74, 6) is 1.11. The highest BCUT2D eigenvalue weighted by atomic mass is 35.5. The maximum absolute atomic E-state index is 13.7. The van der Waals surface area contributed by atoms with E-state index in [0.29, 0.717) is 11.0 Å². The number of hydrogen-bond donors (Lipinski definition) is 1. The van der Waals surface area contributed by atoms with Crippen molar-refractivity contribution in [2.24, 2.45) is 0 Å². The van der Waals surface area contributed by atoms with E-state index < -0.39 is 6.10 Å². The normalized spacial score (nSPS) is 19.0. The molecule has 0 spiro atoms. The number of rotatable bonds is 2. The Hall–Kier alpha value is -3.64. The summed E-state index contributed by atoms with van der Waals surface area (Å²) in [4.78, 5) is 4.41. The van der Waals surface area contributed by atoms with Crippen LogP contribution in [0.3, 0.4) is 0 Å². The van der Waals surface area contributed by atoms with Gasteiger partial charge in [-0.05, 0) is 47.5 Å². The third-order valence-electron chi connectivity index (χ3n) is 5.68. The minimum absolute atomic E-state index is 0.269. The molecule has 0 saturated heterocycles. The van der Waals surface area contributed by atoms with Crippen molar-refractivity contribution in [1.29, 1.82) is 0 Å². The van der Waals surface area contributed by atoms with Gasteiger partial charge in [0.2, 0.25) is 5.95 Å². The van der Waals surface area contributed by atoms with E-state index in [4.69, 9.17) is 16.3 Å². The van der Waals surface area contributed by atoms with Crippen molar-refractivity contribution in [3.63, 3.8) is 0 Å². The smallest absolute Gasteiger partial charge is 0.226 e. The molecule has 0 aliphatic carbocycles. The molecule has 1 aromatic heterocycles. The van der Waals surface area contributed by atoms with Crippen LogP contribution in [0.2, 0.25) is 5.02 Å². The number of hydrogen-bond acceptors (Lipinski definition) is 4. The number of nitrogens with zero attached hydrogens (tertiary/aromatic N) is 3. The van der Waals surface area contributed by atoms with Gasteiger partial charge in [0.25, 0.3) is 0 Å². The van der Waals surface area contributed by atoms with E-state index in [1.165, 1.54) is 18.5 Å². The minimum Gasteiger partial charge on any atom is -0.480 e. The molecule has 152 valence electrons. The second-order valence-electron chi connectivity index (χ2n) is 7.48. The minimum atomic E-state index is -0.434. The van der Waals surface area contributed by atoms with Gasteiger partial charge < -0.3 is 10.1 Å². The number of nitrogens with one attached hydrogen (secondary N) is 1. The average Bonchev–Trinajstić information content (AvgIpc) is 3.27. The van der Waals surface area contributed by atoms with E-state index in [0.717, 1.165) is 33.7 Å². The van der Waals surface area contributed by atoms with Crippen molar-refractivity contribution in [1.82, 2.24) is 14.8 Å². The van der Waals surface area contributed by atoms with Crippen LogP contribution >= 0.6 is 11.6 Å². The van der Waals surface area contributed by atoms with Crippen LogP contribution in [-0.2, 0) is 0 Å². The Kier molecular flexibility index (Phi) is 4.07. The van der Waals surface area contributed by atoms with E-state index >= 15 is 0 Å². The van der Waals surface area contributed by atoms with Crippen molar-refractivity contribution in [2.75, 3.05) is 5.32 Å².